The van der Waals surface area contributed by atoms with Gasteiger partial charge < -0.3 is 0 Å². The SMILES string of the molecule is Cn1ncc2c(F)c[c]cc21. The molecule has 0 aliphatic rings. The van der Waals surface area contributed by atoms with Crippen LogP contribution in [0.25, 0.3) is 10.9 Å². The molecule has 2 aromatic rings. The van der Waals surface area contributed by atoms with Crippen molar-refractivity contribution in [2.24, 2.45) is 7.05 Å². The molecule has 0 fully saturated rings. The van der Waals surface area contributed by atoms with Crippen LogP contribution in [0.2, 0.25) is 0 Å². The fourth-order valence-electron chi connectivity index (χ4n) is 1.07. The molecule has 55 valence electrons. The fraction of sp³-hybridized carbons (Fsp3) is 0.125. The maximum atomic E-state index is 12.9. The monoisotopic (exact) mass is 149 g/mol. The van der Waals surface area contributed by atoms with E-state index in [1.54, 1.807) is 17.8 Å². The summed E-state index contributed by atoms with van der Waals surface area (Å²) in [4.78, 5) is 0. The number of fused-ring (bicyclic) bond motifs is 1. The zero-order chi connectivity index (χ0) is 7.84. The molecular formula is C8H6FN2. The second-order valence-corrected chi connectivity index (χ2v) is 2.37. The quantitative estimate of drug-likeness (QED) is 0.555. The van der Waals surface area contributed by atoms with Crippen molar-refractivity contribution >= 4 is 10.9 Å². The Bertz CT molecular complexity index is 392. The zero-order valence-electron chi connectivity index (χ0n) is 6.00. The highest BCUT2D eigenvalue weighted by Gasteiger charge is 2.02. The van der Waals surface area contributed by atoms with Crippen molar-refractivity contribution in [3.8, 4) is 0 Å². The maximum Gasteiger partial charge on any atom is 0.134 e. The molecule has 1 radical (unpaired) electrons. The van der Waals surface area contributed by atoms with Crippen LogP contribution in [0, 0.1) is 11.9 Å². The fourth-order valence-corrected chi connectivity index (χ4v) is 1.07. The molecule has 0 amide bonds. The molecule has 0 spiro atoms. The van der Waals surface area contributed by atoms with Gasteiger partial charge in [-0.3, -0.25) is 4.68 Å². The summed E-state index contributed by atoms with van der Waals surface area (Å²) in [5.41, 5.74) is 0.769. The van der Waals surface area contributed by atoms with Gasteiger partial charge in [-0.1, -0.05) is 0 Å². The molecule has 0 aliphatic heterocycles. The first-order chi connectivity index (χ1) is 5.29. The van der Waals surface area contributed by atoms with Gasteiger partial charge in [0.1, 0.15) is 5.82 Å². The molecule has 2 rings (SSSR count). The summed E-state index contributed by atoms with van der Waals surface area (Å²) in [6, 6.07) is 5.72. The van der Waals surface area contributed by atoms with Crippen molar-refractivity contribution in [3.05, 3.63) is 30.2 Å². The minimum Gasteiger partial charge on any atom is -0.268 e. The molecular weight excluding hydrogens is 143 g/mol. The number of aromatic nitrogens is 2. The summed E-state index contributed by atoms with van der Waals surface area (Å²) < 4.78 is 14.5. The molecule has 0 saturated carbocycles. The molecule has 0 bridgehead atoms. The van der Waals surface area contributed by atoms with E-state index in [2.05, 4.69) is 11.2 Å². The second kappa shape index (κ2) is 2.05. The Morgan fingerprint density at radius 1 is 1.55 bits per heavy atom. The maximum absolute atomic E-state index is 12.9. The topological polar surface area (TPSA) is 17.8 Å². The average molecular weight is 149 g/mol. The van der Waals surface area contributed by atoms with Gasteiger partial charge in [0, 0.05) is 7.05 Å². The molecule has 0 atom stereocenters. The van der Waals surface area contributed by atoms with Gasteiger partial charge in [-0.05, 0) is 18.2 Å². The van der Waals surface area contributed by atoms with Crippen LogP contribution in [-0.2, 0) is 7.05 Å². The number of benzene rings is 1. The predicted octanol–water partition coefficient (Wildman–Crippen LogP) is 1.51. The Morgan fingerprint density at radius 2 is 2.36 bits per heavy atom. The molecule has 0 saturated heterocycles. The van der Waals surface area contributed by atoms with Gasteiger partial charge in [0.05, 0.1) is 17.1 Å². The summed E-state index contributed by atoms with van der Waals surface area (Å²) in [5.74, 6) is -0.268. The predicted molar refractivity (Wildman–Crippen MR) is 39.5 cm³/mol. The van der Waals surface area contributed by atoms with Gasteiger partial charge in [0.15, 0.2) is 0 Å². The Kier molecular flexibility index (Phi) is 1.18. The molecule has 1 aromatic carbocycles. The number of hydrogen-bond donors (Lipinski definition) is 0. The van der Waals surface area contributed by atoms with Gasteiger partial charge in [-0.25, -0.2) is 4.39 Å². The smallest absolute Gasteiger partial charge is 0.134 e. The van der Waals surface area contributed by atoms with Crippen molar-refractivity contribution in [3.63, 3.8) is 0 Å². The Balaban J connectivity index is 2.94. The molecule has 3 heteroatoms. The van der Waals surface area contributed by atoms with E-state index in [-0.39, 0.29) is 5.82 Å². The number of hydrogen-bond acceptors (Lipinski definition) is 1. The van der Waals surface area contributed by atoms with Crippen molar-refractivity contribution in [1.82, 2.24) is 9.78 Å². The van der Waals surface area contributed by atoms with Crippen LogP contribution < -0.4 is 0 Å². The lowest BCUT2D eigenvalue weighted by Gasteiger charge is -1.92. The Hall–Kier alpha value is -1.38. The van der Waals surface area contributed by atoms with E-state index < -0.39 is 0 Å². The zero-order valence-corrected chi connectivity index (χ0v) is 6.00. The van der Waals surface area contributed by atoms with Crippen molar-refractivity contribution in [1.29, 1.82) is 0 Å². The summed E-state index contributed by atoms with van der Waals surface area (Å²) in [6.45, 7) is 0. The van der Waals surface area contributed by atoms with Gasteiger partial charge in [0.2, 0.25) is 0 Å². The third kappa shape index (κ3) is 0.808. The van der Waals surface area contributed by atoms with Gasteiger partial charge in [-0.2, -0.15) is 5.10 Å². The number of halogens is 1. The van der Waals surface area contributed by atoms with Gasteiger partial charge >= 0.3 is 0 Å². The van der Waals surface area contributed by atoms with Crippen LogP contribution in [0.4, 0.5) is 4.39 Å². The van der Waals surface area contributed by atoms with Crippen molar-refractivity contribution < 1.29 is 4.39 Å². The molecule has 0 N–H and O–H groups in total. The standard InChI is InChI=1S/C8H6FN2/c1-11-8-4-2-3-7(9)6(8)5-10-11/h3-5H,1H3. The van der Waals surface area contributed by atoms with E-state index in [0.29, 0.717) is 5.39 Å². The average Bonchev–Trinajstić information content (AvgIpc) is 2.35. The van der Waals surface area contributed by atoms with Crippen LogP contribution >= 0.6 is 0 Å². The van der Waals surface area contributed by atoms with Gasteiger partial charge in [-0.15, -0.1) is 0 Å². The lowest BCUT2D eigenvalue weighted by Crippen LogP contribution is -1.88. The highest BCUT2D eigenvalue weighted by atomic mass is 19.1. The molecule has 0 unspecified atom stereocenters. The molecule has 0 aliphatic carbocycles. The van der Waals surface area contributed by atoms with Crippen LogP contribution in [0.5, 0.6) is 0 Å². The minimum atomic E-state index is -0.268. The first-order valence-electron chi connectivity index (χ1n) is 3.26. The van der Waals surface area contributed by atoms with Crippen LogP contribution in [0.3, 0.4) is 0 Å². The highest BCUT2D eigenvalue weighted by Crippen LogP contribution is 2.14. The first-order valence-corrected chi connectivity index (χ1v) is 3.26. The molecule has 1 aromatic heterocycles. The number of rotatable bonds is 0. The van der Waals surface area contributed by atoms with E-state index in [1.165, 1.54) is 12.3 Å². The van der Waals surface area contributed by atoms with E-state index >= 15 is 0 Å². The van der Waals surface area contributed by atoms with E-state index in [4.69, 9.17) is 0 Å². The van der Waals surface area contributed by atoms with Gasteiger partial charge in [0.25, 0.3) is 0 Å². The summed E-state index contributed by atoms with van der Waals surface area (Å²) >= 11 is 0. The Labute approximate surface area is 63.3 Å². The molecule has 11 heavy (non-hydrogen) atoms. The van der Waals surface area contributed by atoms with Crippen molar-refractivity contribution in [2.45, 2.75) is 0 Å². The highest BCUT2D eigenvalue weighted by molar-refractivity contribution is 5.78. The second-order valence-electron chi connectivity index (χ2n) is 2.37. The third-order valence-electron chi connectivity index (χ3n) is 1.67. The minimum absolute atomic E-state index is 0.268. The molecule has 2 nitrogen and oxygen atoms in total. The van der Waals surface area contributed by atoms with E-state index in [0.717, 1.165) is 5.52 Å². The Morgan fingerprint density at radius 3 is 3.09 bits per heavy atom. The van der Waals surface area contributed by atoms with Crippen LogP contribution in [0.1, 0.15) is 0 Å². The number of nitrogens with zero attached hydrogens (tertiary/aromatic N) is 2. The summed E-state index contributed by atoms with van der Waals surface area (Å²) in [6.07, 6.45) is 1.51. The normalized spacial score (nSPS) is 10.7. The first kappa shape index (κ1) is 6.34. The van der Waals surface area contributed by atoms with E-state index in [9.17, 15) is 4.39 Å². The lowest BCUT2D eigenvalue weighted by molar-refractivity contribution is 0.639. The summed E-state index contributed by atoms with van der Waals surface area (Å²) in [7, 11) is 1.77. The largest absolute Gasteiger partial charge is 0.268 e. The number of aryl methyl sites for hydroxylation is 1. The van der Waals surface area contributed by atoms with E-state index in [1.807, 2.05) is 0 Å². The van der Waals surface area contributed by atoms with Crippen LogP contribution in [0.15, 0.2) is 18.3 Å². The summed E-state index contributed by atoms with van der Waals surface area (Å²) in [5, 5.41) is 4.46. The van der Waals surface area contributed by atoms with Crippen molar-refractivity contribution in [2.75, 3.05) is 0 Å². The van der Waals surface area contributed by atoms with Crippen LogP contribution in [-0.4, -0.2) is 9.78 Å². The third-order valence-corrected chi connectivity index (χ3v) is 1.67. The lowest BCUT2D eigenvalue weighted by atomic mass is 10.2. The molecule has 1 heterocycles.